The predicted octanol–water partition coefficient (Wildman–Crippen LogP) is 6.01. The number of aliphatic hydroxyl groups is 1. The molecule has 0 amide bonds. The molecule has 2 aromatic rings. The van der Waals surface area contributed by atoms with Crippen LogP contribution in [0.1, 0.15) is 45.9 Å². The number of nitrogens with zero attached hydrogens (tertiary/aromatic N) is 2. The molecule has 1 N–H and O–H groups in total. The summed E-state index contributed by atoms with van der Waals surface area (Å²) in [6.07, 6.45) is 4.23. The highest BCUT2D eigenvalue weighted by Crippen LogP contribution is 2.39. The van der Waals surface area contributed by atoms with Gasteiger partial charge in [-0.25, -0.2) is 0 Å². The van der Waals surface area contributed by atoms with Crippen molar-refractivity contribution in [2.24, 2.45) is 10.4 Å². The van der Waals surface area contributed by atoms with Gasteiger partial charge in [-0.2, -0.15) is 0 Å². The van der Waals surface area contributed by atoms with Gasteiger partial charge in [-0.05, 0) is 56.4 Å². The lowest BCUT2D eigenvalue weighted by molar-refractivity contribution is 0.146. The first-order valence-corrected chi connectivity index (χ1v) is 10.8. The van der Waals surface area contributed by atoms with Gasteiger partial charge in [0.15, 0.2) is 0 Å². The van der Waals surface area contributed by atoms with Crippen molar-refractivity contribution in [1.82, 2.24) is 4.57 Å². The van der Waals surface area contributed by atoms with Crippen LogP contribution in [0, 0.1) is 5.41 Å². The van der Waals surface area contributed by atoms with Crippen LogP contribution in [0.5, 0.6) is 0 Å². The first kappa shape index (κ1) is 23.6. The molecule has 2 rings (SSSR count). The van der Waals surface area contributed by atoms with Crippen LogP contribution in [0.25, 0.3) is 16.5 Å². The van der Waals surface area contributed by atoms with E-state index >= 15 is 0 Å². The van der Waals surface area contributed by atoms with Crippen molar-refractivity contribution in [2.75, 3.05) is 13.7 Å². The number of rotatable bonds is 9. The SMILES string of the molecule is C=C/C(=C(\N=CC)[C@H](C)OC)c1c(CC(C)(C)CO)c2cc(Br)ccc2n1CC. The highest BCUT2D eigenvalue weighted by Gasteiger charge is 2.27. The molecule has 0 saturated carbocycles. The largest absolute Gasteiger partial charge is 0.396 e. The maximum Gasteiger partial charge on any atom is 0.0969 e. The molecule has 0 radical (unpaired) electrons. The predicted molar refractivity (Wildman–Crippen MR) is 128 cm³/mol. The van der Waals surface area contributed by atoms with E-state index in [1.54, 1.807) is 13.3 Å². The summed E-state index contributed by atoms with van der Waals surface area (Å²) in [6, 6.07) is 6.38. The molecule has 0 spiro atoms. The van der Waals surface area contributed by atoms with Gasteiger partial charge < -0.3 is 14.4 Å². The van der Waals surface area contributed by atoms with Gasteiger partial charge in [0.1, 0.15) is 0 Å². The van der Waals surface area contributed by atoms with Crippen molar-refractivity contribution < 1.29 is 9.84 Å². The van der Waals surface area contributed by atoms with Gasteiger partial charge in [0.05, 0.1) is 17.5 Å². The lowest BCUT2D eigenvalue weighted by Gasteiger charge is -2.24. The number of aromatic nitrogens is 1. The summed E-state index contributed by atoms with van der Waals surface area (Å²) in [5, 5.41) is 11.1. The van der Waals surface area contributed by atoms with Gasteiger partial charge in [0.2, 0.25) is 0 Å². The Kier molecular flexibility index (Phi) is 8.03. The van der Waals surface area contributed by atoms with E-state index in [0.29, 0.717) is 0 Å². The van der Waals surface area contributed by atoms with Gasteiger partial charge in [0, 0.05) is 47.4 Å². The van der Waals surface area contributed by atoms with E-state index in [1.165, 1.54) is 16.5 Å². The first-order chi connectivity index (χ1) is 13.7. The highest BCUT2D eigenvalue weighted by molar-refractivity contribution is 9.10. The third kappa shape index (κ3) is 4.90. The maximum atomic E-state index is 9.96. The van der Waals surface area contributed by atoms with E-state index in [4.69, 9.17) is 4.74 Å². The van der Waals surface area contributed by atoms with E-state index in [0.717, 1.165) is 34.4 Å². The Morgan fingerprint density at radius 1 is 1.41 bits per heavy atom. The molecule has 0 unspecified atom stereocenters. The van der Waals surface area contributed by atoms with Crippen LogP contribution < -0.4 is 0 Å². The summed E-state index contributed by atoms with van der Waals surface area (Å²) in [6.45, 7) is 15.3. The summed E-state index contributed by atoms with van der Waals surface area (Å²) in [5.74, 6) is 0. The zero-order valence-electron chi connectivity index (χ0n) is 18.4. The Morgan fingerprint density at radius 2 is 2.10 bits per heavy atom. The van der Waals surface area contributed by atoms with E-state index < -0.39 is 0 Å². The molecule has 5 heteroatoms. The number of halogens is 1. The Bertz CT molecular complexity index is 938. The van der Waals surface area contributed by atoms with Crippen molar-refractivity contribution in [3.63, 3.8) is 0 Å². The highest BCUT2D eigenvalue weighted by atomic mass is 79.9. The maximum absolute atomic E-state index is 9.96. The molecule has 4 nitrogen and oxygen atoms in total. The second kappa shape index (κ2) is 9.88. The van der Waals surface area contributed by atoms with E-state index in [1.807, 2.05) is 19.9 Å². The summed E-state index contributed by atoms with van der Waals surface area (Å²) in [4.78, 5) is 4.65. The molecule has 0 aliphatic carbocycles. The van der Waals surface area contributed by atoms with E-state index in [2.05, 4.69) is 71.0 Å². The monoisotopic (exact) mass is 460 g/mol. The summed E-state index contributed by atoms with van der Waals surface area (Å²) >= 11 is 3.63. The van der Waals surface area contributed by atoms with Crippen molar-refractivity contribution in [1.29, 1.82) is 0 Å². The second-order valence-corrected chi connectivity index (χ2v) is 8.92. The zero-order chi connectivity index (χ0) is 21.8. The van der Waals surface area contributed by atoms with E-state index in [9.17, 15) is 5.11 Å². The third-order valence-electron chi connectivity index (χ3n) is 5.27. The molecule has 158 valence electrons. The van der Waals surface area contributed by atoms with Gasteiger partial charge in [-0.1, -0.05) is 42.4 Å². The van der Waals surface area contributed by atoms with E-state index in [-0.39, 0.29) is 18.1 Å². The van der Waals surface area contributed by atoms with Gasteiger partial charge >= 0.3 is 0 Å². The molecule has 29 heavy (non-hydrogen) atoms. The van der Waals surface area contributed by atoms with Crippen LogP contribution in [0.4, 0.5) is 0 Å². The van der Waals surface area contributed by atoms with Crippen LogP contribution in [-0.4, -0.2) is 35.7 Å². The first-order valence-electron chi connectivity index (χ1n) is 10.0. The standard InChI is InChI=1S/C24H33BrN2O2/c1-8-18(22(26-9-2)16(4)29-7)23-20(14-24(5,6)15-28)19-13-17(25)11-12-21(19)27(23)10-3/h8-9,11-13,16,28H,1,10,14-15H2,2-7H3/b22-18+,26-9?/t16-/m0/s1. The minimum absolute atomic E-state index is 0.112. The molecular weight excluding hydrogens is 428 g/mol. The minimum atomic E-state index is -0.253. The lowest BCUT2D eigenvalue weighted by atomic mass is 9.84. The van der Waals surface area contributed by atoms with Crippen LogP contribution in [0.3, 0.4) is 0 Å². The zero-order valence-corrected chi connectivity index (χ0v) is 20.0. The Hall–Kier alpha value is -1.69. The molecular formula is C24H33BrN2O2. The van der Waals surface area contributed by atoms with Crippen LogP contribution in [0.15, 0.2) is 46.0 Å². The molecule has 1 aromatic heterocycles. The second-order valence-electron chi connectivity index (χ2n) is 8.00. The number of aliphatic hydroxyl groups excluding tert-OH is 1. The summed E-state index contributed by atoms with van der Waals surface area (Å²) in [5.41, 5.74) is 5.03. The Balaban J connectivity index is 3.01. The number of methoxy groups -OCH3 is 1. The molecule has 1 aromatic carbocycles. The summed E-state index contributed by atoms with van der Waals surface area (Å²) in [7, 11) is 1.69. The fourth-order valence-electron chi connectivity index (χ4n) is 3.71. The van der Waals surface area contributed by atoms with Crippen molar-refractivity contribution in [2.45, 2.75) is 53.7 Å². The average molecular weight is 461 g/mol. The van der Waals surface area contributed by atoms with Crippen LogP contribution in [-0.2, 0) is 17.7 Å². The molecule has 0 aliphatic rings. The summed E-state index contributed by atoms with van der Waals surface area (Å²) < 4.78 is 8.97. The third-order valence-corrected chi connectivity index (χ3v) is 5.77. The van der Waals surface area contributed by atoms with Crippen molar-refractivity contribution in [3.05, 3.63) is 52.3 Å². The molecule has 1 atom stereocenters. The quantitative estimate of drug-likeness (QED) is 0.367. The topological polar surface area (TPSA) is 46.8 Å². The number of fused-ring (bicyclic) bond motifs is 1. The average Bonchev–Trinajstić information content (AvgIpc) is 2.99. The minimum Gasteiger partial charge on any atom is -0.396 e. The van der Waals surface area contributed by atoms with Crippen LogP contribution >= 0.6 is 15.9 Å². The number of aryl methyl sites for hydroxylation is 1. The van der Waals surface area contributed by atoms with Crippen molar-refractivity contribution >= 4 is 38.6 Å². The van der Waals surface area contributed by atoms with Gasteiger partial charge in [-0.15, -0.1) is 0 Å². The smallest absolute Gasteiger partial charge is 0.0969 e. The number of hydrogen-bond donors (Lipinski definition) is 1. The number of hydrogen-bond acceptors (Lipinski definition) is 3. The fourth-order valence-corrected chi connectivity index (χ4v) is 4.07. The molecule has 1 heterocycles. The van der Waals surface area contributed by atoms with Gasteiger partial charge in [0.25, 0.3) is 0 Å². The van der Waals surface area contributed by atoms with Crippen molar-refractivity contribution in [3.8, 4) is 0 Å². The number of ether oxygens (including phenoxy) is 1. The number of aliphatic imine (C=N–C) groups is 1. The number of benzene rings is 1. The molecule has 0 fully saturated rings. The fraction of sp³-hybridized carbons (Fsp3) is 0.458. The molecule has 0 bridgehead atoms. The number of allylic oxidation sites excluding steroid dienone is 2. The van der Waals surface area contributed by atoms with Crippen LogP contribution in [0.2, 0.25) is 0 Å². The Labute approximate surface area is 183 Å². The Morgan fingerprint density at radius 3 is 2.62 bits per heavy atom. The van der Waals surface area contributed by atoms with Gasteiger partial charge in [-0.3, -0.25) is 4.99 Å². The molecule has 0 saturated heterocycles. The normalized spacial score (nSPS) is 14.5. The molecule has 0 aliphatic heterocycles. The lowest BCUT2D eigenvalue weighted by Crippen LogP contribution is -2.21.